The molecule has 5 nitrogen and oxygen atoms in total. The smallest absolute Gasteiger partial charge is 0.238 e. The highest BCUT2D eigenvalue weighted by Crippen LogP contribution is 2.44. The first kappa shape index (κ1) is 22.8. The molecule has 0 atom stereocenters. The highest BCUT2D eigenvalue weighted by molar-refractivity contribution is 7.26. The molecule has 12 rings (SSSR count). The zero-order chi connectivity index (χ0) is 47.0. The lowest BCUT2D eigenvalue weighted by Crippen LogP contribution is -2.06. The van der Waals surface area contributed by atoms with Crippen molar-refractivity contribution in [2.24, 2.45) is 0 Å². The van der Waals surface area contributed by atoms with Crippen LogP contribution in [0.2, 0.25) is 0 Å². The van der Waals surface area contributed by atoms with Crippen molar-refractivity contribution in [2.75, 3.05) is 0 Å². The van der Waals surface area contributed by atoms with E-state index in [4.69, 9.17) is 25.4 Å². The third kappa shape index (κ3) is 5.04. The minimum Gasteiger partial charge on any atom is -0.456 e. The molecule has 4 aromatic heterocycles. The largest absolute Gasteiger partial charge is 0.456 e. The van der Waals surface area contributed by atoms with E-state index < -0.39 is 60.4 Å². The summed E-state index contributed by atoms with van der Waals surface area (Å²) in [6.45, 7) is 0. The second-order valence-corrected chi connectivity index (χ2v) is 14.6. The van der Waals surface area contributed by atoms with Gasteiger partial charge in [-0.1, -0.05) is 133 Å². The summed E-state index contributed by atoms with van der Waals surface area (Å²) in [5.74, 6) is -0.722. The maximum atomic E-state index is 9.70. The van der Waals surface area contributed by atoms with Crippen LogP contribution in [0.3, 0.4) is 0 Å². The number of aromatic nitrogens is 4. The highest BCUT2D eigenvalue weighted by Gasteiger charge is 2.22. The first-order chi connectivity index (χ1) is 32.8. The summed E-state index contributed by atoms with van der Waals surface area (Å²) in [5.41, 5.74) is 3.02. The summed E-state index contributed by atoms with van der Waals surface area (Å²) >= 11 is 1.66. The molecule has 0 unspecified atom stereocenters. The van der Waals surface area contributed by atoms with E-state index in [1.807, 2.05) is 66.7 Å². The molecule has 0 amide bonds. The summed E-state index contributed by atoms with van der Waals surface area (Å²) in [6.07, 6.45) is 0. The topological polar surface area (TPSA) is 56.7 Å². The maximum Gasteiger partial charge on any atom is 0.238 e. The molecule has 4 heterocycles. The maximum absolute atomic E-state index is 9.70. The summed E-state index contributed by atoms with van der Waals surface area (Å²) in [6, 6.07) is 31.3. The van der Waals surface area contributed by atoms with Crippen molar-refractivity contribution in [2.45, 2.75) is 0 Å². The van der Waals surface area contributed by atoms with Gasteiger partial charge in [-0.05, 0) is 70.7 Å². The second-order valence-electron chi connectivity index (χ2n) is 13.5. The fourth-order valence-electron chi connectivity index (χ4n) is 7.78. The highest BCUT2D eigenvalue weighted by atomic mass is 32.1. The average Bonchev–Trinajstić information content (AvgIpc) is 4.05. The minimum atomic E-state index is -0.621. The van der Waals surface area contributed by atoms with Crippen LogP contribution in [-0.4, -0.2) is 19.5 Å². The van der Waals surface area contributed by atoms with E-state index >= 15 is 0 Å². The van der Waals surface area contributed by atoms with Gasteiger partial charge in [0.25, 0.3) is 0 Å². The lowest BCUT2D eigenvalue weighted by Gasteiger charge is -2.11. The lowest BCUT2D eigenvalue weighted by atomic mass is 9.99. The molecule has 0 spiro atoms. The summed E-state index contributed by atoms with van der Waals surface area (Å²) < 4.78 is 109. The van der Waals surface area contributed by atoms with Crippen LogP contribution in [0.5, 0.6) is 0 Å². The molecule has 0 aliphatic rings. The van der Waals surface area contributed by atoms with Crippen molar-refractivity contribution in [3.8, 4) is 51.0 Å². The van der Waals surface area contributed by atoms with Crippen molar-refractivity contribution in [3.63, 3.8) is 0 Å². The third-order valence-corrected chi connectivity index (χ3v) is 11.4. The van der Waals surface area contributed by atoms with Crippen molar-refractivity contribution in [1.29, 1.82) is 0 Å². The number of rotatable bonds is 5. The molecule has 12 aromatic rings. The standard InChI is InChI=1S/C51H30N4OS/c1-4-13-31(14-5-1)34-24-26-40-39(29-34)47-41(27-28-45-48(47)38-19-10-11-22-44(38)57-45)55(40)51-53-49(33-17-8-3-9-18-33)52-50(54-51)35-23-25-37-43(30-35)56-42-21-12-20-36(46(37)42)32-15-6-2-7-16-32/h1-30H/i3D,8D,9D,12D,17D,18D,20D,21D,23D,25D,30D. The predicted molar refractivity (Wildman–Crippen MR) is 236 cm³/mol. The second kappa shape index (κ2) is 12.6. The Bertz CT molecular complexity index is 4140. The van der Waals surface area contributed by atoms with E-state index in [0.29, 0.717) is 16.6 Å². The van der Waals surface area contributed by atoms with Crippen LogP contribution in [0.4, 0.5) is 0 Å². The SMILES string of the molecule is [2H]c1c([2H])c([2H])c(-c2nc(-c3c([2H])c([2H])c4c(oc5c([2H])c([2H])c([2H])c(-c6ccccc6)c54)c3[2H])nc(-n3c4ccc(-c5ccccc5)cc4c4c5c(ccc43)sc3ccccc35)n2)c([2H])c1[2H]. The van der Waals surface area contributed by atoms with Crippen LogP contribution in [-0.2, 0) is 0 Å². The average molecular weight is 758 g/mol. The number of benzene rings is 8. The molecule has 0 saturated carbocycles. The van der Waals surface area contributed by atoms with Crippen LogP contribution in [0.15, 0.2) is 186 Å². The van der Waals surface area contributed by atoms with Crippen LogP contribution >= 0.6 is 11.3 Å². The van der Waals surface area contributed by atoms with Crippen molar-refractivity contribution >= 4 is 75.3 Å². The van der Waals surface area contributed by atoms with Gasteiger partial charge in [0.05, 0.1) is 26.1 Å². The van der Waals surface area contributed by atoms with Gasteiger partial charge in [-0.25, -0.2) is 4.98 Å². The van der Waals surface area contributed by atoms with E-state index in [-0.39, 0.29) is 62.3 Å². The molecular formula is C51H30N4OS. The lowest BCUT2D eigenvalue weighted by molar-refractivity contribution is 0.669. The van der Waals surface area contributed by atoms with Gasteiger partial charge in [0.1, 0.15) is 11.2 Å². The van der Waals surface area contributed by atoms with Gasteiger partial charge in [-0.3, -0.25) is 4.57 Å². The Balaban J connectivity index is 1.21. The molecule has 0 saturated heterocycles. The first-order valence-electron chi connectivity index (χ1n) is 23.6. The molecule has 0 aliphatic heterocycles. The molecule has 266 valence electrons. The normalized spacial score (nSPS) is 14.6. The molecule has 8 aromatic carbocycles. The van der Waals surface area contributed by atoms with Gasteiger partial charge < -0.3 is 4.42 Å². The van der Waals surface area contributed by atoms with Crippen LogP contribution in [0.25, 0.3) is 115 Å². The van der Waals surface area contributed by atoms with E-state index in [1.54, 1.807) is 46.2 Å². The van der Waals surface area contributed by atoms with Crippen LogP contribution in [0, 0.1) is 0 Å². The third-order valence-electron chi connectivity index (χ3n) is 10.3. The van der Waals surface area contributed by atoms with Crippen LogP contribution < -0.4 is 0 Å². The Morgan fingerprint density at radius 3 is 2.07 bits per heavy atom. The fraction of sp³-hybridized carbons (Fsp3) is 0. The number of furan rings is 1. The Morgan fingerprint density at radius 1 is 0.474 bits per heavy atom. The van der Waals surface area contributed by atoms with Gasteiger partial charge in [0, 0.05) is 52.8 Å². The summed E-state index contributed by atoms with van der Waals surface area (Å²) in [5, 5.41) is 3.91. The molecule has 6 heteroatoms. The van der Waals surface area contributed by atoms with E-state index in [0.717, 1.165) is 42.1 Å². The van der Waals surface area contributed by atoms with E-state index in [2.05, 4.69) is 23.2 Å². The Morgan fingerprint density at radius 2 is 1.23 bits per heavy atom. The zero-order valence-corrected chi connectivity index (χ0v) is 30.4. The zero-order valence-electron chi connectivity index (χ0n) is 40.6. The quantitative estimate of drug-likeness (QED) is 0.175. The van der Waals surface area contributed by atoms with Crippen molar-refractivity contribution in [1.82, 2.24) is 19.5 Å². The van der Waals surface area contributed by atoms with Crippen molar-refractivity contribution < 1.29 is 19.5 Å². The summed E-state index contributed by atoms with van der Waals surface area (Å²) in [4.78, 5) is 14.5. The molecule has 0 fully saturated rings. The number of thiophene rings is 1. The number of fused-ring (bicyclic) bond motifs is 10. The number of hydrogen-bond acceptors (Lipinski definition) is 5. The number of hydrogen-bond donors (Lipinski definition) is 0. The minimum absolute atomic E-state index is 0.0108. The molecule has 57 heavy (non-hydrogen) atoms. The molecule has 0 bridgehead atoms. The number of nitrogens with zero attached hydrogens (tertiary/aromatic N) is 4. The Hall–Kier alpha value is -7.41. The van der Waals surface area contributed by atoms with Gasteiger partial charge in [-0.15, -0.1) is 11.3 Å². The van der Waals surface area contributed by atoms with Gasteiger partial charge >= 0.3 is 0 Å². The molecule has 0 N–H and O–H groups in total. The van der Waals surface area contributed by atoms with Gasteiger partial charge in [-0.2, -0.15) is 9.97 Å². The summed E-state index contributed by atoms with van der Waals surface area (Å²) in [7, 11) is 0. The van der Waals surface area contributed by atoms with Gasteiger partial charge in [0.2, 0.25) is 5.95 Å². The van der Waals surface area contributed by atoms with Gasteiger partial charge in [0.15, 0.2) is 11.6 Å². The monoisotopic (exact) mass is 757 g/mol. The Labute approximate surface area is 346 Å². The molecule has 0 radical (unpaired) electrons. The fourth-order valence-corrected chi connectivity index (χ4v) is 8.90. The first-order valence-corrected chi connectivity index (χ1v) is 18.9. The molecular weight excluding hydrogens is 717 g/mol. The van der Waals surface area contributed by atoms with Crippen LogP contribution in [0.1, 0.15) is 15.1 Å². The van der Waals surface area contributed by atoms with E-state index in [1.165, 1.54) is 0 Å². The predicted octanol–water partition coefficient (Wildman–Crippen LogP) is 13.9. The van der Waals surface area contributed by atoms with E-state index in [9.17, 15) is 4.11 Å². The Kier molecular flexibility index (Phi) is 5.04. The molecule has 0 aliphatic carbocycles. The van der Waals surface area contributed by atoms with Crippen molar-refractivity contribution in [3.05, 3.63) is 182 Å².